The van der Waals surface area contributed by atoms with Crippen molar-refractivity contribution in [2.75, 3.05) is 0 Å². The van der Waals surface area contributed by atoms with Crippen LogP contribution in [0.5, 0.6) is 0 Å². The van der Waals surface area contributed by atoms with Gasteiger partial charge in [0, 0.05) is 0 Å². The number of hydrogen-bond donors (Lipinski definition) is 0. The van der Waals surface area contributed by atoms with E-state index in [1.54, 1.807) is 0 Å². The average molecular weight is 198 g/mol. The van der Waals surface area contributed by atoms with Crippen molar-refractivity contribution in [3.05, 3.63) is 0 Å². The van der Waals surface area contributed by atoms with Gasteiger partial charge in [-0.25, -0.2) is 0 Å². The Morgan fingerprint density at radius 3 is 2.36 bits per heavy atom. The number of unbranched alkanes of at least 4 members (excludes halogenated alkanes) is 3. The van der Waals surface area contributed by atoms with Crippen LogP contribution >= 0.6 is 0 Å². The Balaban J connectivity index is 2.15. The molecule has 0 bridgehead atoms. The van der Waals surface area contributed by atoms with E-state index >= 15 is 0 Å². The number of cyclic esters (lactones) is 1. The standard InChI is InChI=1S/C12H22O2/c1-3-5-7-9-11-10(8-6-4-2)12(13)14-11/h10-11H,3-9H2,1-2H3/t10-,11+/m0/s1. The Bertz CT molecular complexity index is 177. The zero-order valence-electron chi connectivity index (χ0n) is 9.42. The van der Waals surface area contributed by atoms with Crippen LogP contribution in [0.2, 0.25) is 0 Å². The highest BCUT2D eigenvalue weighted by molar-refractivity contribution is 5.78. The first-order valence-corrected chi connectivity index (χ1v) is 6.00. The first kappa shape index (κ1) is 11.5. The largest absolute Gasteiger partial charge is 0.461 e. The summed E-state index contributed by atoms with van der Waals surface area (Å²) in [5.41, 5.74) is 0. The van der Waals surface area contributed by atoms with Gasteiger partial charge in [-0.2, -0.15) is 0 Å². The van der Waals surface area contributed by atoms with Crippen LogP contribution in [-0.4, -0.2) is 12.1 Å². The van der Waals surface area contributed by atoms with Gasteiger partial charge >= 0.3 is 5.97 Å². The molecule has 2 atom stereocenters. The van der Waals surface area contributed by atoms with Gasteiger partial charge in [0.25, 0.3) is 0 Å². The Morgan fingerprint density at radius 1 is 1.07 bits per heavy atom. The number of rotatable bonds is 7. The molecule has 0 aliphatic carbocycles. The van der Waals surface area contributed by atoms with Crippen LogP contribution in [-0.2, 0) is 9.53 Å². The predicted octanol–water partition coefficient (Wildman–Crippen LogP) is 3.30. The molecule has 0 amide bonds. The Kier molecular flexibility index (Phi) is 4.99. The molecule has 0 aromatic carbocycles. The second kappa shape index (κ2) is 6.05. The van der Waals surface area contributed by atoms with E-state index in [9.17, 15) is 4.79 Å². The lowest BCUT2D eigenvalue weighted by Crippen LogP contribution is -2.44. The quantitative estimate of drug-likeness (QED) is 0.463. The third-order valence-electron chi connectivity index (χ3n) is 2.98. The Labute approximate surface area is 87.0 Å². The molecule has 14 heavy (non-hydrogen) atoms. The van der Waals surface area contributed by atoms with Gasteiger partial charge in [0.15, 0.2) is 0 Å². The highest BCUT2D eigenvalue weighted by Gasteiger charge is 2.40. The van der Waals surface area contributed by atoms with Crippen LogP contribution in [0.25, 0.3) is 0 Å². The molecule has 0 unspecified atom stereocenters. The van der Waals surface area contributed by atoms with E-state index in [1.807, 2.05) is 0 Å². The molecule has 82 valence electrons. The summed E-state index contributed by atoms with van der Waals surface area (Å²) >= 11 is 0. The number of esters is 1. The second-order valence-corrected chi connectivity index (χ2v) is 4.22. The average Bonchev–Trinajstić information content (AvgIpc) is 2.17. The van der Waals surface area contributed by atoms with Gasteiger partial charge in [-0.15, -0.1) is 0 Å². The van der Waals surface area contributed by atoms with Crippen molar-refractivity contribution in [2.24, 2.45) is 5.92 Å². The topological polar surface area (TPSA) is 26.3 Å². The maximum atomic E-state index is 11.2. The van der Waals surface area contributed by atoms with E-state index in [1.165, 1.54) is 25.7 Å². The van der Waals surface area contributed by atoms with Crippen molar-refractivity contribution in [2.45, 2.75) is 64.9 Å². The fraction of sp³-hybridized carbons (Fsp3) is 0.917. The van der Waals surface area contributed by atoms with Crippen molar-refractivity contribution >= 4 is 5.97 Å². The van der Waals surface area contributed by atoms with Gasteiger partial charge < -0.3 is 4.74 Å². The molecule has 1 aliphatic rings. The molecular formula is C12H22O2. The summed E-state index contributed by atoms with van der Waals surface area (Å²) in [4.78, 5) is 11.2. The minimum absolute atomic E-state index is 0.0416. The molecule has 1 fully saturated rings. The highest BCUT2D eigenvalue weighted by Crippen LogP contribution is 2.30. The van der Waals surface area contributed by atoms with E-state index in [0.717, 1.165) is 19.3 Å². The molecule has 1 heterocycles. The normalized spacial score (nSPS) is 25.7. The van der Waals surface area contributed by atoms with E-state index < -0.39 is 0 Å². The zero-order valence-corrected chi connectivity index (χ0v) is 9.42. The monoisotopic (exact) mass is 198 g/mol. The smallest absolute Gasteiger partial charge is 0.313 e. The number of ether oxygens (including phenoxy) is 1. The lowest BCUT2D eigenvalue weighted by molar-refractivity contribution is -0.186. The molecule has 2 nitrogen and oxygen atoms in total. The second-order valence-electron chi connectivity index (χ2n) is 4.22. The van der Waals surface area contributed by atoms with Crippen LogP contribution in [0, 0.1) is 5.92 Å². The summed E-state index contributed by atoms with van der Waals surface area (Å²) in [5, 5.41) is 0. The molecule has 0 N–H and O–H groups in total. The SMILES string of the molecule is CCCCC[C@H]1OC(=O)[C@H]1CCCC. The van der Waals surface area contributed by atoms with Gasteiger partial charge in [-0.05, 0) is 19.3 Å². The third-order valence-corrected chi connectivity index (χ3v) is 2.98. The Morgan fingerprint density at radius 2 is 1.79 bits per heavy atom. The van der Waals surface area contributed by atoms with Crippen molar-refractivity contribution in [3.8, 4) is 0 Å². The van der Waals surface area contributed by atoms with Crippen LogP contribution in [0.1, 0.15) is 58.8 Å². The third kappa shape index (κ3) is 3.00. The van der Waals surface area contributed by atoms with Crippen molar-refractivity contribution in [1.82, 2.24) is 0 Å². The molecule has 1 saturated heterocycles. The van der Waals surface area contributed by atoms with Gasteiger partial charge in [0.05, 0.1) is 5.92 Å². The molecule has 1 aliphatic heterocycles. The van der Waals surface area contributed by atoms with E-state index in [0.29, 0.717) is 0 Å². The summed E-state index contributed by atoms with van der Waals surface area (Å²) in [6.45, 7) is 4.36. The van der Waals surface area contributed by atoms with E-state index in [2.05, 4.69) is 13.8 Å². The van der Waals surface area contributed by atoms with E-state index in [4.69, 9.17) is 4.74 Å². The summed E-state index contributed by atoms with van der Waals surface area (Å²) in [6, 6.07) is 0. The van der Waals surface area contributed by atoms with Crippen LogP contribution < -0.4 is 0 Å². The molecule has 0 aromatic heterocycles. The highest BCUT2D eigenvalue weighted by atomic mass is 16.6. The maximum absolute atomic E-state index is 11.2. The lowest BCUT2D eigenvalue weighted by Gasteiger charge is -2.35. The van der Waals surface area contributed by atoms with Crippen molar-refractivity contribution < 1.29 is 9.53 Å². The van der Waals surface area contributed by atoms with Crippen molar-refractivity contribution in [1.29, 1.82) is 0 Å². The van der Waals surface area contributed by atoms with Crippen molar-refractivity contribution in [3.63, 3.8) is 0 Å². The summed E-state index contributed by atoms with van der Waals surface area (Å²) in [5.74, 6) is 0.270. The van der Waals surface area contributed by atoms with Crippen LogP contribution in [0.3, 0.4) is 0 Å². The summed E-state index contributed by atoms with van der Waals surface area (Å²) in [7, 11) is 0. The fourth-order valence-electron chi connectivity index (χ4n) is 1.98. The summed E-state index contributed by atoms with van der Waals surface area (Å²) in [6.07, 6.45) is 8.39. The molecule has 0 saturated carbocycles. The molecule has 0 spiro atoms. The van der Waals surface area contributed by atoms with E-state index in [-0.39, 0.29) is 18.0 Å². The number of hydrogen-bond acceptors (Lipinski definition) is 2. The summed E-state index contributed by atoms with van der Waals surface area (Å²) < 4.78 is 5.16. The van der Waals surface area contributed by atoms with Crippen LogP contribution in [0.4, 0.5) is 0 Å². The molecule has 0 radical (unpaired) electrons. The molecular weight excluding hydrogens is 176 g/mol. The molecule has 2 heteroatoms. The maximum Gasteiger partial charge on any atom is 0.313 e. The van der Waals surface area contributed by atoms with Gasteiger partial charge in [0.2, 0.25) is 0 Å². The lowest BCUT2D eigenvalue weighted by atomic mass is 9.88. The Hall–Kier alpha value is -0.530. The number of carbonyl (C=O) groups is 1. The fourth-order valence-corrected chi connectivity index (χ4v) is 1.98. The molecule has 0 aromatic rings. The van der Waals surface area contributed by atoms with Gasteiger partial charge in [0.1, 0.15) is 6.10 Å². The minimum Gasteiger partial charge on any atom is -0.461 e. The van der Waals surface area contributed by atoms with Gasteiger partial charge in [-0.1, -0.05) is 39.5 Å². The van der Waals surface area contributed by atoms with Crippen LogP contribution in [0.15, 0.2) is 0 Å². The first-order chi connectivity index (χ1) is 6.79. The first-order valence-electron chi connectivity index (χ1n) is 6.00. The molecule has 1 rings (SSSR count). The zero-order chi connectivity index (χ0) is 10.4. The number of carbonyl (C=O) groups excluding carboxylic acids is 1. The minimum atomic E-state index is 0.0416. The van der Waals surface area contributed by atoms with Gasteiger partial charge in [-0.3, -0.25) is 4.79 Å². The predicted molar refractivity (Wildman–Crippen MR) is 57.0 cm³/mol.